The fraction of sp³-hybridized carbons (Fsp3) is 0.594. The number of nitrogens with zero attached hydrogens (tertiary/aromatic N) is 1. The van der Waals surface area contributed by atoms with Crippen LogP contribution in [0.4, 0.5) is 0 Å². The number of benzene rings is 1. The Morgan fingerprint density at radius 1 is 1.18 bits per heavy atom. The summed E-state index contributed by atoms with van der Waals surface area (Å²) in [6, 6.07) is 6.01. The molecule has 7 heteroatoms. The molecular formula is C32H46N2O4S. The van der Waals surface area contributed by atoms with Crippen molar-refractivity contribution in [2.75, 3.05) is 0 Å². The molecule has 1 aliphatic heterocycles. The standard InChI is InChI=1S/C32H46N2O4S/c1-20(2)11-14-25-30(36)31(6,7)18-17-29(35)34-26(24-13-16-28-27(19-24)33-23(5)39-28)15-12-21(3)9-8-10-22(4)32(25,37)38/h11-13,16,19,22,25-26,37-38H,8-10,14-15,17-18H2,1-7H3,(H,34,35). The maximum absolute atomic E-state index is 13.8. The summed E-state index contributed by atoms with van der Waals surface area (Å²) >= 11 is 1.66. The van der Waals surface area contributed by atoms with E-state index in [4.69, 9.17) is 0 Å². The second-order valence-electron chi connectivity index (χ2n) is 12.3. The van der Waals surface area contributed by atoms with Crippen molar-refractivity contribution in [3.05, 3.63) is 52.1 Å². The number of aryl methyl sites for hydroxylation is 1. The Balaban J connectivity index is 1.93. The summed E-state index contributed by atoms with van der Waals surface area (Å²) in [5.74, 6) is -3.91. The highest BCUT2D eigenvalue weighted by molar-refractivity contribution is 7.18. The number of Topliss-reactive ketones (excluding diaryl/α,β-unsaturated/α-hetero) is 1. The number of thiazole rings is 1. The number of aliphatic hydroxyl groups is 2. The van der Waals surface area contributed by atoms with Gasteiger partial charge in [0.25, 0.3) is 0 Å². The maximum Gasteiger partial charge on any atom is 0.220 e. The predicted molar refractivity (Wildman–Crippen MR) is 159 cm³/mol. The molecule has 1 amide bonds. The number of carbonyl (C=O) groups excluding carboxylic acids is 2. The molecule has 0 radical (unpaired) electrons. The molecule has 0 saturated carbocycles. The molecule has 3 N–H and O–H groups in total. The van der Waals surface area contributed by atoms with E-state index in [1.807, 2.05) is 47.6 Å². The molecule has 3 rings (SSSR count). The second kappa shape index (κ2) is 12.9. The Labute approximate surface area is 237 Å². The largest absolute Gasteiger partial charge is 0.365 e. The third-order valence-electron chi connectivity index (χ3n) is 8.13. The molecule has 39 heavy (non-hydrogen) atoms. The van der Waals surface area contributed by atoms with Gasteiger partial charge in [0.2, 0.25) is 5.91 Å². The number of fused-ring (bicyclic) bond motifs is 1. The number of hydrogen-bond acceptors (Lipinski definition) is 6. The Bertz CT molecular complexity index is 1240. The summed E-state index contributed by atoms with van der Waals surface area (Å²) < 4.78 is 1.13. The highest BCUT2D eigenvalue weighted by Gasteiger charge is 2.47. The van der Waals surface area contributed by atoms with Crippen molar-refractivity contribution in [1.29, 1.82) is 0 Å². The fourth-order valence-electron chi connectivity index (χ4n) is 5.33. The summed E-state index contributed by atoms with van der Waals surface area (Å²) in [5, 5.41) is 26.8. The van der Waals surface area contributed by atoms with Gasteiger partial charge in [-0.1, -0.05) is 50.1 Å². The van der Waals surface area contributed by atoms with E-state index in [0.29, 0.717) is 19.3 Å². The van der Waals surface area contributed by atoms with Crippen LogP contribution in [0.1, 0.15) is 103 Å². The van der Waals surface area contributed by atoms with Gasteiger partial charge in [0.05, 0.1) is 27.2 Å². The lowest BCUT2D eigenvalue weighted by Gasteiger charge is -2.39. The summed E-state index contributed by atoms with van der Waals surface area (Å²) in [6.45, 7) is 13.4. The van der Waals surface area contributed by atoms with Gasteiger partial charge in [-0.3, -0.25) is 9.59 Å². The van der Waals surface area contributed by atoms with Crippen LogP contribution in [-0.2, 0) is 9.59 Å². The normalized spacial score (nSPS) is 25.2. The summed E-state index contributed by atoms with van der Waals surface area (Å²) in [7, 11) is 0. The summed E-state index contributed by atoms with van der Waals surface area (Å²) in [4.78, 5) is 31.7. The molecule has 1 aromatic carbocycles. The maximum atomic E-state index is 13.8. The number of nitrogens with one attached hydrogen (secondary N) is 1. The first kappa shape index (κ1) is 31.2. The van der Waals surface area contributed by atoms with E-state index in [1.165, 1.54) is 5.57 Å². The molecule has 1 aliphatic rings. The van der Waals surface area contributed by atoms with Gasteiger partial charge in [-0.05, 0) is 83.9 Å². The Morgan fingerprint density at radius 2 is 1.90 bits per heavy atom. The number of rotatable bonds is 3. The molecule has 0 fully saturated rings. The lowest BCUT2D eigenvalue weighted by molar-refractivity contribution is -0.233. The van der Waals surface area contributed by atoms with Crippen molar-refractivity contribution in [3.8, 4) is 0 Å². The van der Waals surface area contributed by atoms with Gasteiger partial charge in [-0.25, -0.2) is 4.98 Å². The van der Waals surface area contributed by atoms with E-state index in [1.54, 1.807) is 11.3 Å². The van der Waals surface area contributed by atoms with Gasteiger partial charge in [-0.2, -0.15) is 0 Å². The molecule has 1 aromatic heterocycles. The smallest absolute Gasteiger partial charge is 0.220 e. The van der Waals surface area contributed by atoms with Gasteiger partial charge in [-0.15, -0.1) is 11.3 Å². The van der Waals surface area contributed by atoms with E-state index >= 15 is 0 Å². The quantitative estimate of drug-likeness (QED) is 0.282. The molecule has 0 bridgehead atoms. The zero-order valence-corrected chi connectivity index (χ0v) is 25.5. The first-order chi connectivity index (χ1) is 18.2. The molecular weight excluding hydrogens is 508 g/mol. The number of ketones is 1. The Morgan fingerprint density at radius 3 is 2.59 bits per heavy atom. The van der Waals surface area contributed by atoms with E-state index in [0.717, 1.165) is 39.2 Å². The van der Waals surface area contributed by atoms with E-state index < -0.39 is 23.0 Å². The Kier molecular flexibility index (Phi) is 10.3. The number of aromatic nitrogens is 1. The van der Waals surface area contributed by atoms with Crippen molar-refractivity contribution >= 4 is 33.2 Å². The predicted octanol–water partition coefficient (Wildman–Crippen LogP) is 6.95. The number of carbonyl (C=O) groups is 2. The van der Waals surface area contributed by atoms with Gasteiger partial charge in [0.15, 0.2) is 5.79 Å². The molecule has 0 aliphatic carbocycles. The van der Waals surface area contributed by atoms with Gasteiger partial charge in [0, 0.05) is 17.8 Å². The van der Waals surface area contributed by atoms with E-state index in [9.17, 15) is 19.8 Å². The molecule has 2 heterocycles. The van der Waals surface area contributed by atoms with Gasteiger partial charge in [0.1, 0.15) is 5.78 Å². The van der Waals surface area contributed by atoms with Crippen LogP contribution >= 0.6 is 11.3 Å². The van der Waals surface area contributed by atoms with Crippen LogP contribution in [0.3, 0.4) is 0 Å². The molecule has 2 aromatic rings. The lowest BCUT2D eigenvalue weighted by atomic mass is 9.70. The molecule has 3 atom stereocenters. The van der Waals surface area contributed by atoms with Crippen molar-refractivity contribution < 1.29 is 19.8 Å². The fourth-order valence-corrected chi connectivity index (χ4v) is 6.14. The highest BCUT2D eigenvalue weighted by atomic mass is 32.1. The molecule has 0 spiro atoms. The third kappa shape index (κ3) is 8.09. The van der Waals surface area contributed by atoms with Crippen molar-refractivity contribution in [3.63, 3.8) is 0 Å². The van der Waals surface area contributed by atoms with E-state index in [2.05, 4.69) is 41.5 Å². The molecule has 214 valence electrons. The third-order valence-corrected chi connectivity index (χ3v) is 9.08. The van der Waals surface area contributed by atoms with Crippen LogP contribution in [0.5, 0.6) is 0 Å². The van der Waals surface area contributed by atoms with Crippen molar-refractivity contribution in [1.82, 2.24) is 10.3 Å². The monoisotopic (exact) mass is 554 g/mol. The number of allylic oxidation sites excluding steroid dienone is 3. The number of amides is 1. The summed E-state index contributed by atoms with van der Waals surface area (Å²) in [6.07, 6.45) is 7.65. The molecule has 6 nitrogen and oxygen atoms in total. The van der Waals surface area contributed by atoms with Crippen LogP contribution in [-0.4, -0.2) is 32.7 Å². The highest BCUT2D eigenvalue weighted by Crippen LogP contribution is 2.38. The second-order valence-corrected chi connectivity index (χ2v) is 13.5. The zero-order chi connectivity index (χ0) is 29.0. The van der Waals surface area contributed by atoms with Crippen LogP contribution < -0.4 is 5.32 Å². The number of hydrogen-bond donors (Lipinski definition) is 3. The first-order valence-corrected chi connectivity index (χ1v) is 15.0. The molecule has 0 saturated heterocycles. The first-order valence-electron chi connectivity index (χ1n) is 14.1. The summed E-state index contributed by atoms with van der Waals surface area (Å²) in [5.41, 5.74) is 3.28. The average molecular weight is 555 g/mol. The van der Waals surface area contributed by atoms with Gasteiger partial charge >= 0.3 is 0 Å². The SMILES string of the molecule is CC(C)=CCC1C(=O)C(C)(C)CCC(=O)NC(c2ccc3sc(C)nc3c2)CC=C(C)CCCC(C)C1(O)O. The van der Waals surface area contributed by atoms with Crippen LogP contribution in [0.2, 0.25) is 0 Å². The van der Waals surface area contributed by atoms with Crippen molar-refractivity contribution in [2.45, 2.75) is 105 Å². The Hall–Kier alpha value is -2.35. The minimum absolute atomic E-state index is 0.123. The van der Waals surface area contributed by atoms with E-state index in [-0.39, 0.29) is 30.6 Å². The minimum Gasteiger partial charge on any atom is -0.365 e. The zero-order valence-electron chi connectivity index (χ0n) is 24.6. The van der Waals surface area contributed by atoms with Crippen molar-refractivity contribution in [2.24, 2.45) is 17.3 Å². The van der Waals surface area contributed by atoms with Gasteiger partial charge < -0.3 is 15.5 Å². The molecule has 3 unspecified atom stereocenters. The minimum atomic E-state index is -2.13. The van der Waals surface area contributed by atoms with Crippen LogP contribution in [0.25, 0.3) is 10.2 Å². The lowest BCUT2D eigenvalue weighted by Crippen LogP contribution is -2.51. The van der Waals surface area contributed by atoms with Crippen LogP contribution in [0.15, 0.2) is 41.5 Å². The van der Waals surface area contributed by atoms with Crippen LogP contribution in [0, 0.1) is 24.2 Å². The topological polar surface area (TPSA) is 99.5 Å². The average Bonchev–Trinajstić information content (AvgIpc) is 3.23.